The van der Waals surface area contributed by atoms with Crippen molar-refractivity contribution in [1.29, 1.82) is 0 Å². The van der Waals surface area contributed by atoms with Gasteiger partial charge in [-0.3, -0.25) is 4.98 Å². The molecule has 0 amide bonds. The number of fused-ring (bicyclic) bond motifs is 1. The summed E-state index contributed by atoms with van der Waals surface area (Å²) in [5, 5.41) is 32.0. The van der Waals surface area contributed by atoms with E-state index < -0.39 is 6.29 Å². The van der Waals surface area contributed by atoms with Crippen molar-refractivity contribution in [3.63, 3.8) is 0 Å². The predicted octanol–water partition coefficient (Wildman–Crippen LogP) is 3.16. The van der Waals surface area contributed by atoms with Crippen LogP contribution in [0, 0.1) is 0 Å². The van der Waals surface area contributed by atoms with Gasteiger partial charge in [0, 0.05) is 61.4 Å². The summed E-state index contributed by atoms with van der Waals surface area (Å²) in [6.45, 7) is 2.14. The van der Waals surface area contributed by atoms with Crippen molar-refractivity contribution in [2.45, 2.75) is 31.2 Å². The van der Waals surface area contributed by atoms with Gasteiger partial charge in [0.1, 0.15) is 0 Å². The molecule has 0 saturated carbocycles. The van der Waals surface area contributed by atoms with Crippen LogP contribution in [-0.4, -0.2) is 53.1 Å². The van der Waals surface area contributed by atoms with Gasteiger partial charge < -0.3 is 30.4 Å². The second kappa shape index (κ2) is 9.02. The molecule has 4 N–H and O–H groups in total. The Balaban J connectivity index is 1.26. The first-order valence-corrected chi connectivity index (χ1v) is 11.4. The zero-order valence-electron chi connectivity index (χ0n) is 18.7. The van der Waals surface area contributed by atoms with Crippen molar-refractivity contribution in [3.05, 3.63) is 77.6 Å². The second-order valence-corrected chi connectivity index (χ2v) is 8.97. The maximum Gasteiger partial charge on any atom is 0.180 e. The lowest BCUT2D eigenvalue weighted by Crippen LogP contribution is -2.50. The van der Waals surface area contributed by atoms with Crippen LogP contribution in [0.1, 0.15) is 35.3 Å². The van der Waals surface area contributed by atoms with E-state index in [0.717, 1.165) is 36.4 Å². The van der Waals surface area contributed by atoms with E-state index in [2.05, 4.69) is 69.6 Å². The molecular formula is C26H30N4O3. The predicted molar refractivity (Wildman–Crippen MR) is 130 cm³/mol. The number of hydrogen-bond donors (Lipinski definition) is 4. The summed E-state index contributed by atoms with van der Waals surface area (Å²) >= 11 is 0. The smallest absolute Gasteiger partial charge is 0.180 e. The number of β-amino-alcohol motifs (C(OH)–C–C–N with tert-alkyl or cyclic N) is 1. The first-order valence-electron chi connectivity index (χ1n) is 11.4. The van der Waals surface area contributed by atoms with Gasteiger partial charge in [0.2, 0.25) is 0 Å². The molecule has 0 spiro atoms. The maximum atomic E-state index is 9.57. The molecule has 7 heteroatoms. The summed E-state index contributed by atoms with van der Waals surface area (Å²) in [5.41, 5.74) is 7.25. The van der Waals surface area contributed by atoms with Crippen LogP contribution in [0.2, 0.25) is 0 Å². The van der Waals surface area contributed by atoms with Gasteiger partial charge in [-0.25, -0.2) is 0 Å². The SMILES string of the molecule is CN(c1ccc(N2CC(O)C2)cc1)c1ccc2c(c1)CC[C@H]2CNc1cnccc1C(O)O. The average Bonchev–Trinajstić information content (AvgIpc) is 3.22. The Morgan fingerprint density at radius 2 is 1.85 bits per heavy atom. The zero-order chi connectivity index (χ0) is 22.9. The molecule has 0 bridgehead atoms. The van der Waals surface area contributed by atoms with Gasteiger partial charge in [0.05, 0.1) is 18.0 Å². The number of nitrogens with one attached hydrogen (secondary N) is 1. The molecule has 1 aromatic heterocycles. The van der Waals surface area contributed by atoms with Gasteiger partial charge in [-0.1, -0.05) is 6.07 Å². The molecule has 2 aliphatic rings. The Labute approximate surface area is 193 Å². The third-order valence-corrected chi connectivity index (χ3v) is 6.85. The molecule has 172 valence electrons. The van der Waals surface area contributed by atoms with E-state index in [9.17, 15) is 15.3 Å². The number of nitrogens with zero attached hydrogens (tertiary/aromatic N) is 3. The van der Waals surface area contributed by atoms with Crippen LogP contribution in [0.15, 0.2) is 60.9 Å². The first kappa shape index (κ1) is 21.7. The molecule has 1 atom stereocenters. The number of aliphatic hydroxyl groups is 3. The zero-order valence-corrected chi connectivity index (χ0v) is 18.7. The van der Waals surface area contributed by atoms with Crippen LogP contribution in [0.4, 0.5) is 22.7 Å². The van der Waals surface area contributed by atoms with Crippen molar-refractivity contribution in [2.75, 3.05) is 41.8 Å². The van der Waals surface area contributed by atoms with Crippen molar-refractivity contribution < 1.29 is 15.3 Å². The fourth-order valence-electron chi connectivity index (χ4n) is 4.83. The largest absolute Gasteiger partial charge is 0.389 e. The molecule has 3 aromatic rings. The Kier molecular flexibility index (Phi) is 5.93. The maximum absolute atomic E-state index is 9.57. The van der Waals surface area contributed by atoms with Gasteiger partial charge in [-0.2, -0.15) is 0 Å². The van der Waals surface area contributed by atoms with E-state index in [-0.39, 0.29) is 6.10 Å². The number of hydrogen-bond acceptors (Lipinski definition) is 7. The van der Waals surface area contributed by atoms with E-state index >= 15 is 0 Å². The van der Waals surface area contributed by atoms with E-state index in [1.807, 2.05) is 0 Å². The fourth-order valence-corrected chi connectivity index (χ4v) is 4.83. The topological polar surface area (TPSA) is 92.1 Å². The highest BCUT2D eigenvalue weighted by atomic mass is 16.5. The molecule has 1 saturated heterocycles. The van der Waals surface area contributed by atoms with Gasteiger partial charge >= 0.3 is 0 Å². The number of anilines is 4. The van der Waals surface area contributed by atoms with Crippen molar-refractivity contribution in [2.24, 2.45) is 0 Å². The van der Waals surface area contributed by atoms with E-state index in [4.69, 9.17) is 0 Å². The summed E-state index contributed by atoms with van der Waals surface area (Å²) in [6, 6.07) is 16.8. The van der Waals surface area contributed by atoms with E-state index in [1.165, 1.54) is 11.1 Å². The van der Waals surface area contributed by atoms with Crippen LogP contribution >= 0.6 is 0 Å². The number of rotatable bonds is 7. The van der Waals surface area contributed by atoms with Crippen molar-refractivity contribution in [3.8, 4) is 0 Å². The third-order valence-electron chi connectivity index (χ3n) is 6.85. The molecule has 33 heavy (non-hydrogen) atoms. The molecule has 1 fully saturated rings. The van der Waals surface area contributed by atoms with Crippen LogP contribution in [-0.2, 0) is 6.42 Å². The minimum Gasteiger partial charge on any atom is -0.389 e. The lowest BCUT2D eigenvalue weighted by Gasteiger charge is -2.38. The minimum atomic E-state index is -1.52. The van der Waals surface area contributed by atoms with Crippen molar-refractivity contribution in [1.82, 2.24) is 4.98 Å². The van der Waals surface area contributed by atoms with Gasteiger partial charge in [0.25, 0.3) is 0 Å². The Bertz CT molecular complexity index is 1110. The molecular weight excluding hydrogens is 416 g/mol. The fraction of sp³-hybridized carbons (Fsp3) is 0.346. The second-order valence-electron chi connectivity index (χ2n) is 8.97. The molecule has 2 heterocycles. The lowest BCUT2D eigenvalue weighted by atomic mass is 10.0. The Morgan fingerprint density at radius 1 is 1.09 bits per heavy atom. The van der Waals surface area contributed by atoms with Crippen LogP contribution in [0.3, 0.4) is 0 Å². The molecule has 1 aliphatic heterocycles. The molecule has 5 rings (SSSR count). The van der Waals surface area contributed by atoms with Crippen LogP contribution in [0.5, 0.6) is 0 Å². The summed E-state index contributed by atoms with van der Waals surface area (Å²) in [4.78, 5) is 8.47. The van der Waals surface area contributed by atoms with Crippen LogP contribution in [0.25, 0.3) is 0 Å². The van der Waals surface area contributed by atoms with Crippen LogP contribution < -0.4 is 15.1 Å². The first-order chi connectivity index (χ1) is 16.0. The molecule has 2 aromatic carbocycles. The van der Waals surface area contributed by atoms with Gasteiger partial charge in [0.15, 0.2) is 6.29 Å². The standard InChI is InChI=1S/C26H30N4O3/c1-29(19-4-6-20(7-5-19)30-15-22(31)16-30)21-8-9-23-17(12-21)2-3-18(23)13-28-25-14-27-11-10-24(25)26(32)33/h4-12,14,18,22,26,28,31-33H,2-3,13,15-16H2,1H3/t18-/m0/s1. The number of benzene rings is 2. The highest BCUT2D eigenvalue weighted by Crippen LogP contribution is 2.37. The third kappa shape index (κ3) is 4.39. The number of pyridine rings is 1. The molecule has 0 radical (unpaired) electrons. The van der Waals surface area contributed by atoms with Gasteiger partial charge in [-0.05, 0) is 66.4 Å². The summed E-state index contributed by atoms with van der Waals surface area (Å²) in [5.74, 6) is 0.370. The van der Waals surface area contributed by atoms with E-state index in [0.29, 0.717) is 30.3 Å². The molecule has 0 unspecified atom stereocenters. The highest BCUT2D eigenvalue weighted by Gasteiger charge is 2.25. The van der Waals surface area contributed by atoms with Gasteiger partial charge in [-0.15, -0.1) is 0 Å². The summed E-state index contributed by atoms with van der Waals surface area (Å²) in [6.07, 6.45) is 3.57. The molecule has 1 aliphatic carbocycles. The summed E-state index contributed by atoms with van der Waals surface area (Å²) in [7, 11) is 2.09. The number of aliphatic hydroxyl groups excluding tert-OH is 2. The lowest BCUT2D eigenvalue weighted by molar-refractivity contribution is -0.0419. The average molecular weight is 447 g/mol. The summed E-state index contributed by atoms with van der Waals surface area (Å²) < 4.78 is 0. The van der Waals surface area contributed by atoms with Crippen molar-refractivity contribution >= 4 is 22.7 Å². The van der Waals surface area contributed by atoms with E-state index in [1.54, 1.807) is 18.5 Å². The normalized spacial score (nSPS) is 17.7. The quantitative estimate of drug-likeness (QED) is 0.415. The number of aryl methyl sites for hydroxylation is 1. The Hall–Kier alpha value is -3.13. The Morgan fingerprint density at radius 3 is 2.58 bits per heavy atom. The monoisotopic (exact) mass is 446 g/mol. The molecule has 7 nitrogen and oxygen atoms in total. The highest BCUT2D eigenvalue weighted by molar-refractivity contribution is 5.67. The minimum absolute atomic E-state index is 0.203. The number of aromatic nitrogens is 1.